The summed E-state index contributed by atoms with van der Waals surface area (Å²) < 4.78 is 64.5. The molecular weight excluding hydrogens is 480 g/mol. The lowest BCUT2D eigenvalue weighted by Crippen LogP contribution is -2.33. The Hall–Kier alpha value is -3.26. The Bertz CT molecular complexity index is 1280. The van der Waals surface area contributed by atoms with Crippen molar-refractivity contribution in [2.24, 2.45) is 0 Å². The number of aromatic nitrogens is 2. The Morgan fingerprint density at radius 1 is 1.03 bits per heavy atom. The van der Waals surface area contributed by atoms with Crippen LogP contribution in [0.15, 0.2) is 42.6 Å². The minimum Gasteiger partial charge on any atom is -0.493 e. The molecule has 0 saturated carbocycles. The van der Waals surface area contributed by atoms with Gasteiger partial charge in [-0.05, 0) is 67.3 Å². The highest BCUT2D eigenvalue weighted by molar-refractivity contribution is 7.70. The summed E-state index contributed by atoms with van der Waals surface area (Å²) in [6, 6.07) is 10.5. The molecule has 1 N–H and O–H groups in total. The van der Waals surface area contributed by atoms with Crippen LogP contribution in [0.1, 0.15) is 16.7 Å². The van der Waals surface area contributed by atoms with Crippen LogP contribution in [0.4, 0.5) is 30.6 Å². The molecule has 0 saturated heterocycles. The van der Waals surface area contributed by atoms with E-state index in [4.69, 9.17) is 9.47 Å². The van der Waals surface area contributed by atoms with Crippen molar-refractivity contribution in [1.29, 1.82) is 0 Å². The fourth-order valence-electron chi connectivity index (χ4n) is 3.97. The summed E-state index contributed by atoms with van der Waals surface area (Å²) in [7, 11) is 0.640. The predicted octanol–water partition coefficient (Wildman–Crippen LogP) is 5.07. The first kappa shape index (κ1) is 24.9. The van der Waals surface area contributed by atoms with Gasteiger partial charge in [-0.15, -0.1) is 0 Å². The van der Waals surface area contributed by atoms with Crippen LogP contribution in [-0.4, -0.2) is 44.1 Å². The molecule has 0 amide bonds. The smallest absolute Gasteiger partial charge is 0.421 e. The largest absolute Gasteiger partial charge is 0.493 e. The summed E-state index contributed by atoms with van der Waals surface area (Å²) >= 11 is 0. The van der Waals surface area contributed by atoms with Gasteiger partial charge in [-0.1, -0.05) is 0 Å². The molecule has 4 rings (SSSR count). The Balaban J connectivity index is 1.66. The minimum absolute atomic E-state index is 0.0371. The molecule has 1 aliphatic heterocycles. The first-order valence-corrected chi connectivity index (χ1v) is 13.5. The van der Waals surface area contributed by atoms with E-state index in [9.17, 15) is 17.7 Å². The van der Waals surface area contributed by atoms with E-state index in [1.54, 1.807) is 55.7 Å². The maximum Gasteiger partial charge on any atom is 0.421 e. The van der Waals surface area contributed by atoms with Gasteiger partial charge in [0.1, 0.15) is 18.5 Å². The number of nitrogens with zero attached hydrogens (tertiary/aromatic N) is 3. The van der Waals surface area contributed by atoms with Gasteiger partial charge in [0, 0.05) is 30.3 Å². The van der Waals surface area contributed by atoms with Gasteiger partial charge < -0.3 is 24.3 Å². The van der Waals surface area contributed by atoms with Gasteiger partial charge in [0.05, 0.1) is 14.2 Å². The fourth-order valence-corrected chi connectivity index (χ4v) is 4.84. The van der Waals surface area contributed by atoms with E-state index in [-0.39, 0.29) is 18.3 Å². The molecule has 2 heterocycles. The number of halogens is 3. The van der Waals surface area contributed by atoms with E-state index < -0.39 is 18.9 Å². The molecular formula is C24H26F3N4O3P. The summed E-state index contributed by atoms with van der Waals surface area (Å²) in [5.41, 5.74) is 1.51. The van der Waals surface area contributed by atoms with Crippen molar-refractivity contribution in [1.82, 2.24) is 9.97 Å². The molecule has 0 radical (unpaired) electrons. The molecule has 35 heavy (non-hydrogen) atoms. The maximum atomic E-state index is 13.8. The second-order valence-corrected chi connectivity index (χ2v) is 11.8. The molecule has 1 aromatic heterocycles. The molecule has 0 bridgehead atoms. The van der Waals surface area contributed by atoms with Crippen molar-refractivity contribution in [2.45, 2.75) is 19.1 Å². The third-order valence-corrected chi connectivity index (χ3v) is 7.38. The van der Waals surface area contributed by atoms with Crippen LogP contribution >= 0.6 is 7.14 Å². The molecule has 186 valence electrons. The van der Waals surface area contributed by atoms with Gasteiger partial charge in [0.25, 0.3) is 0 Å². The molecule has 0 atom stereocenters. The van der Waals surface area contributed by atoms with E-state index in [1.165, 1.54) is 7.11 Å². The lowest BCUT2D eigenvalue weighted by molar-refractivity contribution is -0.137. The number of methoxy groups -OCH3 is 2. The average molecular weight is 506 g/mol. The lowest BCUT2D eigenvalue weighted by atomic mass is 9.98. The Morgan fingerprint density at radius 3 is 2.23 bits per heavy atom. The van der Waals surface area contributed by atoms with Gasteiger partial charge in [-0.2, -0.15) is 18.2 Å². The molecule has 3 aromatic rings. The van der Waals surface area contributed by atoms with E-state index in [1.807, 2.05) is 6.07 Å². The second kappa shape index (κ2) is 9.41. The number of ether oxygens (including phenoxy) is 2. The second-order valence-electron chi connectivity index (χ2n) is 8.60. The lowest BCUT2D eigenvalue weighted by Gasteiger charge is -2.32. The van der Waals surface area contributed by atoms with Crippen molar-refractivity contribution < 1.29 is 27.2 Å². The summed E-state index contributed by atoms with van der Waals surface area (Å²) in [4.78, 5) is 9.75. The van der Waals surface area contributed by atoms with Gasteiger partial charge >= 0.3 is 6.18 Å². The summed E-state index contributed by atoms with van der Waals surface area (Å²) in [6.45, 7) is 3.91. The topological polar surface area (TPSA) is 76.6 Å². The molecule has 1 aliphatic rings. The Morgan fingerprint density at radius 2 is 1.66 bits per heavy atom. The van der Waals surface area contributed by atoms with E-state index in [2.05, 4.69) is 15.3 Å². The molecule has 0 unspecified atom stereocenters. The number of hydrogen-bond acceptors (Lipinski definition) is 7. The molecule has 2 aromatic carbocycles. The SMILES string of the molecule is COc1cc2c(cc1OC)CN(c1nc(Nc3ccc(P(C)(C)=O)cc3)ncc1C(F)(F)F)CC2. The number of fused-ring (bicyclic) bond motifs is 1. The highest BCUT2D eigenvalue weighted by atomic mass is 31.2. The fraction of sp³-hybridized carbons (Fsp3) is 0.333. The number of alkyl halides is 3. The minimum atomic E-state index is -4.61. The maximum absolute atomic E-state index is 13.8. The molecule has 0 spiro atoms. The molecule has 7 nitrogen and oxygen atoms in total. The van der Waals surface area contributed by atoms with Crippen LogP contribution in [0.2, 0.25) is 0 Å². The van der Waals surface area contributed by atoms with Crippen molar-refractivity contribution in [3.05, 3.63) is 59.3 Å². The van der Waals surface area contributed by atoms with Crippen LogP contribution in [0, 0.1) is 0 Å². The predicted molar refractivity (Wildman–Crippen MR) is 130 cm³/mol. The van der Waals surface area contributed by atoms with Crippen molar-refractivity contribution >= 4 is 29.9 Å². The normalized spacial score (nSPS) is 13.9. The van der Waals surface area contributed by atoms with Gasteiger partial charge in [0.2, 0.25) is 5.95 Å². The quantitative estimate of drug-likeness (QED) is 0.468. The number of benzene rings is 2. The standard InChI is InChI=1S/C24H26F3N4O3P/c1-33-20-11-15-9-10-31(14-16(15)12-21(20)34-2)22-19(24(25,26)27)13-28-23(30-22)29-17-5-7-18(8-6-17)35(3,4)32/h5-8,11-13H,9-10,14H2,1-4H3,(H,28,29,30). The zero-order valence-electron chi connectivity index (χ0n) is 19.8. The summed E-state index contributed by atoms with van der Waals surface area (Å²) in [5, 5.41) is 3.66. The Kier molecular flexibility index (Phi) is 6.68. The third-order valence-electron chi connectivity index (χ3n) is 5.84. The highest BCUT2D eigenvalue weighted by Gasteiger charge is 2.37. The number of hydrogen-bond donors (Lipinski definition) is 1. The average Bonchev–Trinajstić information content (AvgIpc) is 2.81. The van der Waals surface area contributed by atoms with Crippen LogP contribution in [0.3, 0.4) is 0 Å². The van der Waals surface area contributed by atoms with Gasteiger partial charge in [-0.3, -0.25) is 0 Å². The van der Waals surface area contributed by atoms with Gasteiger partial charge in [-0.25, -0.2) is 4.98 Å². The number of anilines is 3. The van der Waals surface area contributed by atoms with Crippen LogP contribution in [-0.2, 0) is 23.7 Å². The van der Waals surface area contributed by atoms with Crippen molar-refractivity contribution in [3.63, 3.8) is 0 Å². The molecule has 0 fully saturated rings. The highest BCUT2D eigenvalue weighted by Crippen LogP contribution is 2.39. The van der Waals surface area contributed by atoms with E-state index in [0.717, 1.165) is 17.3 Å². The summed E-state index contributed by atoms with van der Waals surface area (Å²) in [5.74, 6) is 0.938. The van der Waals surface area contributed by atoms with Crippen LogP contribution in [0.25, 0.3) is 0 Å². The van der Waals surface area contributed by atoms with Crippen molar-refractivity contribution in [2.75, 3.05) is 44.3 Å². The number of nitrogens with one attached hydrogen (secondary N) is 1. The third kappa shape index (κ3) is 5.37. The van der Waals surface area contributed by atoms with Crippen LogP contribution < -0.4 is 25.0 Å². The van der Waals surface area contributed by atoms with E-state index in [0.29, 0.717) is 35.5 Å². The van der Waals surface area contributed by atoms with Gasteiger partial charge in [0.15, 0.2) is 11.5 Å². The Labute approximate surface area is 201 Å². The zero-order chi connectivity index (χ0) is 25.4. The zero-order valence-corrected chi connectivity index (χ0v) is 20.7. The molecule has 11 heteroatoms. The monoisotopic (exact) mass is 506 g/mol. The number of rotatable bonds is 6. The molecule has 0 aliphatic carbocycles. The first-order chi connectivity index (χ1) is 16.5. The first-order valence-electron chi connectivity index (χ1n) is 10.8. The summed E-state index contributed by atoms with van der Waals surface area (Å²) in [6.07, 6.45) is -3.29. The van der Waals surface area contributed by atoms with Crippen molar-refractivity contribution in [3.8, 4) is 11.5 Å². The van der Waals surface area contributed by atoms with Crippen LogP contribution in [0.5, 0.6) is 11.5 Å². The van der Waals surface area contributed by atoms with E-state index >= 15 is 0 Å².